The number of benzene rings is 1. The average Bonchev–Trinajstić information content (AvgIpc) is 2.21. The minimum absolute atomic E-state index is 0. The molecule has 5 heteroatoms. The summed E-state index contributed by atoms with van der Waals surface area (Å²) in [6.45, 7) is 2.08. The average molecular weight is 407 g/mol. The monoisotopic (exact) mass is 405 g/mol. The fourth-order valence-corrected chi connectivity index (χ4v) is 4.30. The fourth-order valence-electron chi connectivity index (χ4n) is 2.45. The summed E-state index contributed by atoms with van der Waals surface area (Å²) in [6.07, 6.45) is 2.36. The molecule has 0 saturated heterocycles. The number of nitrogens with two attached hydrogens (primary N) is 1. The van der Waals surface area contributed by atoms with Crippen LogP contribution in [0.5, 0.6) is 0 Å². The van der Waals surface area contributed by atoms with Crippen LogP contribution in [-0.4, -0.2) is 9.97 Å². The van der Waals surface area contributed by atoms with Crippen LogP contribution < -0.4 is 5.73 Å². The molecule has 1 fully saturated rings. The number of alkyl halides is 1. The summed E-state index contributed by atoms with van der Waals surface area (Å²) in [5.41, 5.74) is 7.47. The van der Waals surface area contributed by atoms with Crippen LogP contribution in [-0.2, 0) is 5.41 Å². The molecule has 1 aliphatic carbocycles. The second kappa shape index (κ2) is 5.83. The van der Waals surface area contributed by atoms with E-state index in [1.54, 1.807) is 0 Å². The van der Waals surface area contributed by atoms with E-state index in [1.807, 2.05) is 12.1 Å². The van der Waals surface area contributed by atoms with Gasteiger partial charge in [0.25, 0.3) is 0 Å². The molecule has 3 atom stereocenters. The summed E-state index contributed by atoms with van der Waals surface area (Å²) in [5, 5.41) is 1.23. The Morgan fingerprint density at radius 2 is 2.06 bits per heavy atom. The standard InChI is InChI=1S/C12H14Cl2IN.ClH/c1-7(16)12(5-4-11(12)15)8-2-3-9(13)10(14)6-8;/h2-3,6-7,11H,4-5,16H2,1H3;1H. The minimum atomic E-state index is 0. The van der Waals surface area contributed by atoms with Gasteiger partial charge in [-0.3, -0.25) is 0 Å². The van der Waals surface area contributed by atoms with E-state index in [-0.39, 0.29) is 23.9 Å². The van der Waals surface area contributed by atoms with Gasteiger partial charge in [0.2, 0.25) is 0 Å². The van der Waals surface area contributed by atoms with Crippen molar-refractivity contribution in [1.82, 2.24) is 0 Å². The lowest BCUT2D eigenvalue weighted by molar-refractivity contribution is 0.229. The van der Waals surface area contributed by atoms with Gasteiger partial charge in [-0.05, 0) is 37.5 Å². The predicted molar refractivity (Wildman–Crippen MR) is 86.1 cm³/mol. The first kappa shape index (κ1) is 15.8. The van der Waals surface area contributed by atoms with Gasteiger partial charge in [-0.1, -0.05) is 51.9 Å². The first-order valence-electron chi connectivity index (χ1n) is 5.33. The lowest BCUT2D eigenvalue weighted by Crippen LogP contribution is -2.56. The Balaban J connectivity index is 0.00000144. The van der Waals surface area contributed by atoms with Crippen LogP contribution in [0.1, 0.15) is 25.3 Å². The molecule has 0 spiro atoms. The number of rotatable bonds is 2. The normalized spacial score (nSPS) is 29.1. The van der Waals surface area contributed by atoms with Crippen molar-refractivity contribution in [3.05, 3.63) is 33.8 Å². The van der Waals surface area contributed by atoms with Gasteiger partial charge in [0, 0.05) is 15.4 Å². The molecule has 1 saturated carbocycles. The largest absolute Gasteiger partial charge is 0.327 e. The highest BCUT2D eigenvalue weighted by atomic mass is 127. The molecule has 0 radical (unpaired) electrons. The van der Waals surface area contributed by atoms with Gasteiger partial charge in [0.15, 0.2) is 0 Å². The Morgan fingerprint density at radius 3 is 2.41 bits per heavy atom. The third-order valence-corrected chi connectivity index (χ3v) is 6.11. The van der Waals surface area contributed by atoms with Crippen molar-refractivity contribution in [2.24, 2.45) is 5.73 Å². The van der Waals surface area contributed by atoms with E-state index in [9.17, 15) is 0 Å². The lowest BCUT2D eigenvalue weighted by Gasteiger charge is -2.50. The van der Waals surface area contributed by atoms with Crippen LogP contribution in [0, 0.1) is 0 Å². The van der Waals surface area contributed by atoms with Gasteiger partial charge in [-0.25, -0.2) is 0 Å². The highest BCUT2D eigenvalue weighted by Gasteiger charge is 2.49. The van der Waals surface area contributed by atoms with E-state index in [0.717, 1.165) is 6.42 Å². The zero-order chi connectivity index (χ0) is 11.9. The van der Waals surface area contributed by atoms with Gasteiger partial charge in [0.1, 0.15) is 0 Å². The third kappa shape index (κ3) is 2.57. The van der Waals surface area contributed by atoms with E-state index < -0.39 is 0 Å². The molecule has 17 heavy (non-hydrogen) atoms. The highest BCUT2D eigenvalue weighted by molar-refractivity contribution is 14.1. The van der Waals surface area contributed by atoms with Crippen molar-refractivity contribution in [3.63, 3.8) is 0 Å². The third-order valence-electron chi connectivity index (χ3n) is 3.64. The molecular weight excluding hydrogens is 391 g/mol. The van der Waals surface area contributed by atoms with Gasteiger partial charge >= 0.3 is 0 Å². The first-order valence-corrected chi connectivity index (χ1v) is 7.34. The molecule has 0 heterocycles. The summed E-state index contributed by atoms with van der Waals surface area (Å²) in [6, 6.07) is 6.03. The van der Waals surface area contributed by atoms with Crippen molar-refractivity contribution in [2.75, 3.05) is 0 Å². The summed E-state index contributed by atoms with van der Waals surface area (Å²) >= 11 is 14.5. The maximum Gasteiger partial charge on any atom is 0.0595 e. The predicted octanol–water partition coefficient (Wildman–Crippen LogP) is 4.60. The zero-order valence-corrected chi connectivity index (χ0v) is 13.9. The fraction of sp³-hybridized carbons (Fsp3) is 0.500. The molecular formula is C12H15Cl3IN. The van der Waals surface area contributed by atoms with Crippen LogP contribution in [0.4, 0.5) is 0 Å². The molecule has 1 aliphatic rings. The lowest BCUT2D eigenvalue weighted by atomic mass is 9.60. The van der Waals surface area contributed by atoms with E-state index >= 15 is 0 Å². The Hall–Kier alpha value is 0.780. The van der Waals surface area contributed by atoms with Crippen LogP contribution in [0.15, 0.2) is 18.2 Å². The Labute approximate surface area is 132 Å². The number of hydrogen-bond acceptors (Lipinski definition) is 1. The topological polar surface area (TPSA) is 26.0 Å². The summed E-state index contributed by atoms with van der Waals surface area (Å²) in [4.78, 5) is 0. The van der Waals surface area contributed by atoms with E-state index in [1.165, 1.54) is 12.0 Å². The summed E-state index contributed by atoms with van der Waals surface area (Å²) in [5.74, 6) is 0. The quantitative estimate of drug-likeness (QED) is 0.564. The molecule has 1 nitrogen and oxygen atoms in total. The van der Waals surface area contributed by atoms with E-state index in [2.05, 4.69) is 35.6 Å². The molecule has 1 aromatic rings. The maximum absolute atomic E-state index is 6.16. The van der Waals surface area contributed by atoms with Crippen molar-refractivity contribution >= 4 is 58.2 Å². The molecule has 0 amide bonds. The Kier molecular flexibility index (Phi) is 5.43. The molecule has 3 unspecified atom stereocenters. The first-order chi connectivity index (χ1) is 7.48. The second-order valence-electron chi connectivity index (χ2n) is 4.46. The Bertz CT molecular complexity index is 404. The smallest absolute Gasteiger partial charge is 0.0595 e. The molecule has 0 aliphatic heterocycles. The molecule has 0 aromatic heterocycles. The molecule has 2 N–H and O–H groups in total. The van der Waals surface area contributed by atoms with Crippen LogP contribution in [0.3, 0.4) is 0 Å². The van der Waals surface area contributed by atoms with Gasteiger partial charge in [-0.15, -0.1) is 12.4 Å². The molecule has 96 valence electrons. The minimum Gasteiger partial charge on any atom is -0.327 e. The van der Waals surface area contributed by atoms with Gasteiger partial charge in [0.05, 0.1) is 10.0 Å². The summed E-state index contributed by atoms with van der Waals surface area (Å²) < 4.78 is 0.586. The SMILES string of the molecule is CC(N)C1(c2ccc(Cl)c(Cl)c2)CCC1I.Cl. The molecule has 1 aromatic carbocycles. The second-order valence-corrected chi connectivity index (χ2v) is 6.78. The summed E-state index contributed by atoms with van der Waals surface area (Å²) in [7, 11) is 0. The van der Waals surface area contributed by atoms with E-state index in [0.29, 0.717) is 14.0 Å². The molecule has 0 bridgehead atoms. The number of hydrogen-bond donors (Lipinski definition) is 1. The Morgan fingerprint density at radius 1 is 1.41 bits per heavy atom. The zero-order valence-electron chi connectivity index (χ0n) is 9.42. The van der Waals surface area contributed by atoms with Crippen LogP contribution in [0.2, 0.25) is 10.0 Å². The van der Waals surface area contributed by atoms with Gasteiger partial charge in [-0.2, -0.15) is 0 Å². The van der Waals surface area contributed by atoms with Crippen molar-refractivity contribution in [3.8, 4) is 0 Å². The van der Waals surface area contributed by atoms with Crippen molar-refractivity contribution < 1.29 is 0 Å². The van der Waals surface area contributed by atoms with Crippen LogP contribution >= 0.6 is 58.2 Å². The molecule has 2 rings (SSSR count). The highest BCUT2D eigenvalue weighted by Crippen LogP contribution is 2.51. The van der Waals surface area contributed by atoms with Crippen molar-refractivity contribution in [1.29, 1.82) is 0 Å². The van der Waals surface area contributed by atoms with Crippen molar-refractivity contribution in [2.45, 2.75) is 35.1 Å². The number of halogens is 4. The maximum atomic E-state index is 6.16. The van der Waals surface area contributed by atoms with Gasteiger partial charge < -0.3 is 5.73 Å². The van der Waals surface area contributed by atoms with Crippen LogP contribution in [0.25, 0.3) is 0 Å². The van der Waals surface area contributed by atoms with E-state index in [4.69, 9.17) is 28.9 Å².